The highest BCUT2D eigenvalue weighted by molar-refractivity contribution is 7.09. The van der Waals surface area contributed by atoms with Crippen LogP contribution in [0.4, 0.5) is 5.13 Å². The van der Waals surface area contributed by atoms with Gasteiger partial charge in [0, 0.05) is 49.2 Å². The Morgan fingerprint density at radius 2 is 1.84 bits per heavy atom. The van der Waals surface area contributed by atoms with Crippen LogP contribution in [-0.2, 0) is 11.2 Å². The van der Waals surface area contributed by atoms with Gasteiger partial charge in [-0.3, -0.25) is 4.79 Å². The molecule has 8 heteroatoms. The summed E-state index contributed by atoms with van der Waals surface area (Å²) in [7, 11) is 0. The van der Waals surface area contributed by atoms with Crippen LogP contribution in [0, 0.1) is 6.92 Å². The van der Waals surface area contributed by atoms with E-state index in [0.717, 1.165) is 36.9 Å². The standard InChI is InChI=1S/C23H25ClN4O2S/c1-17-3-5-18(6-4-17)15-21-25-23(31-26-21)28-12-2-11-27(13-14-28)22(29)16-30-20-9-7-19(24)8-10-20/h3-10H,2,11-16H2,1H3. The molecule has 31 heavy (non-hydrogen) atoms. The van der Waals surface area contributed by atoms with E-state index in [4.69, 9.17) is 21.3 Å². The number of ether oxygens (including phenoxy) is 1. The highest BCUT2D eigenvalue weighted by atomic mass is 35.5. The van der Waals surface area contributed by atoms with Crippen LogP contribution in [0.2, 0.25) is 5.02 Å². The van der Waals surface area contributed by atoms with Crippen LogP contribution < -0.4 is 9.64 Å². The first-order valence-electron chi connectivity index (χ1n) is 10.4. The minimum atomic E-state index is -0.00544. The number of amides is 1. The number of halogens is 1. The Bertz CT molecular complexity index is 1010. The number of anilines is 1. The van der Waals surface area contributed by atoms with Crippen molar-refractivity contribution in [1.82, 2.24) is 14.3 Å². The summed E-state index contributed by atoms with van der Waals surface area (Å²) in [5, 5.41) is 1.57. The lowest BCUT2D eigenvalue weighted by Crippen LogP contribution is -2.38. The molecule has 1 aliphatic rings. The number of carbonyl (C=O) groups excluding carboxylic acids is 1. The summed E-state index contributed by atoms with van der Waals surface area (Å²) < 4.78 is 10.2. The Labute approximate surface area is 191 Å². The molecule has 2 aromatic carbocycles. The van der Waals surface area contributed by atoms with E-state index < -0.39 is 0 Å². The zero-order valence-electron chi connectivity index (χ0n) is 17.5. The van der Waals surface area contributed by atoms with Gasteiger partial charge in [-0.05, 0) is 43.2 Å². The molecular weight excluding hydrogens is 432 g/mol. The van der Waals surface area contributed by atoms with Crippen LogP contribution in [-0.4, -0.2) is 53.0 Å². The summed E-state index contributed by atoms with van der Waals surface area (Å²) in [6.07, 6.45) is 1.62. The Kier molecular flexibility index (Phi) is 7.04. The van der Waals surface area contributed by atoms with Gasteiger partial charge in [0.25, 0.3) is 5.91 Å². The molecule has 6 nitrogen and oxygen atoms in total. The van der Waals surface area contributed by atoms with E-state index in [0.29, 0.717) is 23.9 Å². The van der Waals surface area contributed by atoms with Crippen LogP contribution in [0.5, 0.6) is 5.75 Å². The molecule has 0 unspecified atom stereocenters. The summed E-state index contributed by atoms with van der Waals surface area (Å²) >= 11 is 7.31. The van der Waals surface area contributed by atoms with Crippen molar-refractivity contribution in [2.45, 2.75) is 19.8 Å². The summed E-state index contributed by atoms with van der Waals surface area (Å²) in [6, 6.07) is 15.5. The molecule has 1 aliphatic heterocycles. The molecule has 0 aliphatic carbocycles. The van der Waals surface area contributed by atoms with Crippen molar-refractivity contribution < 1.29 is 9.53 Å². The molecule has 0 N–H and O–H groups in total. The predicted octanol–water partition coefficient (Wildman–Crippen LogP) is 4.21. The molecule has 4 rings (SSSR count). The summed E-state index contributed by atoms with van der Waals surface area (Å²) in [4.78, 5) is 21.4. The van der Waals surface area contributed by atoms with Crippen LogP contribution >= 0.6 is 23.1 Å². The number of benzene rings is 2. The van der Waals surface area contributed by atoms with Gasteiger partial charge in [-0.15, -0.1) is 0 Å². The smallest absolute Gasteiger partial charge is 0.260 e. The van der Waals surface area contributed by atoms with Crippen molar-refractivity contribution in [2.75, 3.05) is 37.7 Å². The maximum absolute atomic E-state index is 12.6. The van der Waals surface area contributed by atoms with E-state index in [9.17, 15) is 4.79 Å². The molecule has 0 spiro atoms. The second-order valence-electron chi connectivity index (χ2n) is 7.62. The fourth-order valence-electron chi connectivity index (χ4n) is 3.46. The average molecular weight is 457 g/mol. The summed E-state index contributed by atoms with van der Waals surface area (Å²) in [5.41, 5.74) is 2.46. The Morgan fingerprint density at radius 3 is 2.61 bits per heavy atom. The number of aryl methyl sites for hydroxylation is 1. The SMILES string of the molecule is Cc1ccc(Cc2nsc(N3CCCN(C(=O)COc4ccc(Cl)cc4)CC3)n2)cc1. The third-order valence-electron chi connectivity index (χ3n) is 5.24. The van der Waals surface area contributed by atoms with Crippen molar-refractivity contribution >= 4 is 34.2 Å². The van der Waals surface area contributed by atoms with Gasteiger partial charge in [0.15, 0.2) is 6.61 Å². The number of nitrogens with zero attached hydrogens (tertiary/aromatic N) is 4. The lowest BCUT2D eigenvalue weighted by Gasteiger charge is -2.21. The van der Waals surface area contributed by atoms with Crippen LogP contribution in [0.15, 0.2) is 48.5 Å². The van der Waals surface area contributed by atoms with Crippen molar-refractivity contribution in [3.8, 4) is 5.75 Å². The normalized spacial score (nSPS) is 14.4. The minimum Gasteiger partial charge on any atom is -0.484 e. The molecule has 0 bridgehead atoms. The third kappa shape index (κ3) is 5.95. The van der Waals surface area contributed by atoms with E-state index in [1.54, 1.807) is 24.3 Å². The summed E-state index contributed by atoms with van der Waals surface area (Å²) in [5.74, 6) is 1.48. The molecule has 1 amide bonds. The first-order chi connectivity index (χ1) is 15.1. The van der Waals surface area contributed by atoms with Gasteiger partial charge in [-0.2, -0.15) is 4.37 Å². The average Bonchev–Trinajstić information content (AvgIpc) is 3.09. The first-order valence-corrected chi connectivity index (χ1v) is 11.5. The van der Waals surface area contributed by atoms with Crippen LogP contribution in [0.25, 0.3) is 0 Å². The topological polar surface area (TPSA) is 58.6 Å². The number of hydrogen-bond donors (Lipinski definition) is 0. The van der Waals surface area contributed by atoms with Crippen LogP contribution in [0.1, 0.15) is 23.4 Å². The third-order valence-corrected chi connectivity index (χ3v) is 6.30. The second-order valence-corrected chi connectivity index (χ2v) is 8.79. The zero-order chi connectivity index (χ0) is 21.6. The van der Waals surface area contributed by atoms with Gasteiger partial charge < -0.3 is 14.5 Å². The Hall–Kier alpha value is -2.64. The molecule has 0 radical (unpaired) electrons. The minimum absolute atomic E-state index is 0.00544. The largest absolute Gasteiger partial charge is 0.484 e. The van der Waals surface area contributed by atoms with Gasteiger partial charge in [-0.25, -0.2) is 4.98 Å². The molecular formula is C23H25ClN4O2S. The predicted molar refractivity (Wildman–Crippen MR) is 124 cm³/mol. The lowest BCUT2D eigenvalue weighted by molar-refractivity contribution is -0.133. The maximum atomic E-state index is 12.6. The molecule has 2 heterocycles. The number of hydrogen-bond acceptors (Lipinski definition) is 6. The second kappa shape index (κ2) is 10.1. The first kappa shape index (κ1) is 21.6. The fourth-order valence-corrected chi connectivity index (χ4v) is 4.32. The molecule has 1 aromatic heterocycles. The monoisotopic (exact) mass is 456 g/mol. The zero-order valence-corrected chi connectivity index (χ0v) is 19.0. The Balaban J connectivity index is 1.29. The van der Waals surface area contributed by atoms with Gasteiger partial charge in [-0.1, -0.05) is 41.4 Å². The number of carbonyl (C=O) groups is 1. The molecule has 3 aromatic rings. The van der Waals surface area contributed by atoms with E-state index in [-0.39, 0.29) is 12.5 Å². The molecule has 162 valence electrons. The van der Waals surface area contributed by atoms with Crippen molar-refractivity contribution in [1.29, 1.82) is 0 Å². The van der Waals surface area contributed by atoms with Gasteiger partial charge in [0.05, 0.1) is 0 Å². The van der Waals surface area contributed by atoms with E-state index in [1.165, 1.54) is 22.7 Å². The number of rotatable bonds is 6. The number of aromatic nitrogens is 2. The molecule has 1 saturated heterocycles. The molecule has 0 saturated carbocycles. The van der Waals surface area contributed by atoms with E-state index >= 15 is 0 Å². The van der Waals surface area contributed by atoms with Gasteiger partial charge in [0.1, 0.15) is 11.6 Å². The lowest BCUT2D eigenvalue weighted by atomic mass is 10.1. The maximum Gasteiger partial charge on any atom is 0.260 e. The van der Waals surface area contributed by atoms with Crippen molar-refractivity contribution in [3.05, 3.63) is 70.5 Å². The highest BCUT2D eigenvalue weighted by Gasteiger charge is 2.21. The molecule has 1 fully saturated rings. The summed E-state index contributed by atoms with van der Waals surface area (Å²) in [6.45, 7) is 5.08. The van der Waals surface area contributed by atoms with Gasteiger partial charge in [0.2, 0.25) is 5.13 Å². The fraction of sp³-hybridized carbons (Fsp3) is 0.348. The quantitative estimate of drug-likeness (QED) is 0.556. The van der Waals surface area contributed by atoms with Gasteiger partial charge >= 0.3 is 0 Å². The van der Waals surface area contributed by atoms with Crippen molar-refractivity contribution in [3.63, 3.8) is 0 Å². The Morgan fingerprint density at radius 1 is 1.06 bits per heavy atom. The van der Waals surface area contributed by atoms with Crippen LogP contribution in [0.3, 0.4) is 0 Å². The molecule has 0 atom stereocenters. The van der Waals surface area contributed by atoms with E-state index in [1.807, 2.05) is 4.90 Å². The van der Waals surface area contributed by atoms with Crippen molar-refractivity contribution in [2.24, 2.45) is 0 Å². The highest BCUT2D eigenvalue weighted by Crippen LogP contribution is 2.21. The van der Waals surface area contributed by atoms with E-state index in [2.05, 4.69) is 40.5 Å².